The average Bonchev–Trinajstić information content (AvgIpc) is 3.49. The standard InChI is InChI=1S/C21H23ClN6/c1-11-6-9-14(10-17(11)22)26-21-27-18-15(19(23)24)4-3-5-16(18)20(28-21)25-12(2)13-7-8-13/h3-6,9-10,12-13H,7-8H2,1-2H3,(H3,23,24)(H2,25,26,27,28)/t12-/m1/s1. The SMILES string of the molecule is Cc1ccc(Nc2nc(N[C@H](C)C3CC3)c3cccc(C(=N)N)c3n2)cc1Cl. The van der Waals surface area contributed by atoms with Crippen molar-refractivity contribution in [2.45, 2.75) is 32.7 Å². The summed E-state index contributed by atoms with van der Waals surface area (Å²) in [4.78, 5) is 9.36. The number of nitrogens with two attached hydrogens (primary N) is 1. The molecule has 3 aromatic rings. The zero-order valence-electron chi connectivity index (χ0n) is 15.9. The second kappa shape index (κ2) is 7.28. The minimum atomic E-state index is -0.0187. The van der Waals surface area contributed by atoms with Crippen LogP contribution in [0, 0.1) is 18.3 Å². The van der Waals surface area contributed by atoms with Crippen molar-refractivity contribution >= 4 is 45.8 Å². The molecule has 0 aliphatic heterocycles. The van der Waals surface area contributed by atoms with Crippen LogP contribution in [0.2, 0.25) is 5.02 Å². The van der Waals surface area contributed by atoms with Gasteiger partial charge in [-0.1, -0.05) is 23.7 Å². The van der Waals surface area contributed by atoms with E-state index in [0.29, 0.717) is 34.0 Å². The first kappa shape index (κ1) is 18.5. The molecule has 144 valence electrons. The van der Waals surface area contributed by atoms with Gasteiger partial charge in [0.1, 0.15) is 11.7 Å². The lowest BCUT2D eigenvalue weighted by atomic mass is 10.1. The Hall–Kier alpha value is -2.86. The van der Waals surface area contributed by atoms with Crippen LogP contribution >= 0.6 is 11.6 Å². The van der Waals surface area contributed by atoms with Gasteiger partial charge in [0.05, 0.1) is 5.52 Å². The third-order valence-corrected chi connectivity index (χ3v) is 5.55. The second-order valence-electron chi connectivity index (χ2n) is 7.37. The maximum absolute atomic E-state index is 7.91. The summed E-state index contributed by atoms with van der Waals surface area (Å²) in [5.41, 5.74) is 8.84. The molecule has 1 fully saturated rings. The van der Waals surface area contributed by atoms with E-state index in [1.54, 1.807) is 6.07 Å². The molecule has 5 N–H and O–H groups in total. The molecule has 1 aliphatic carbocycles. The average molecular weight is 395 g/mol. The van der Waals surface area contributed by atoms with Gasteiger partial charge in [-0.05, 0) is 62.4 Å². The van der Waals surface area contributed by atoms with Gasteiger partial charge in [-0.15, -0.1) is 0 Å². The van der Waals surface area contributed by atoms with Crippen LogP contribution in [0.25, 0.3) is 10.9 Å². The predicted molar refractivity (Wildman–Crippen MR) is 116 cm³/mol. The summed E-state index contributed by atoms with van der Waals surface area (Å²) in [6.45, 7) is 4.13. The van der Waals surface area contributed by atoms with E-state index in [1.807, 2.05) is 37.3 Å². The number of hydrogen-bond acceptors (Lipinski definition) is 5. The molecule has 1 heterocycles. The van der Waals surface area contributed by atoms with Crippen LogP contribution in [0.15, 0.2) is 36.4 Å². The summed E-state index contributed by atoms with van der Waals surface area (Å²) < 4.78 is 0. The number of fused-ring (bicyclic) bond motifs is 1. The monoisotopic (exact) mass is 394 g/mol. The molecule has 7 heteroatoms. The molecule has 0 unspecified atom stereocenters. The lowest BCUT2D eigenvalue weighted by Crippen LogP contribution is -2.19. The molecule has 0 amide bonds. The van der Waals surface area contributed by atoms with E-state index in [1.165, 1.54) is 12.8 Å². The van der Waals surface area contributed by atoms with E-state index >= 15 is 0 Å². The molecule has 1 atom stereocenters. The number of benzene rings is 2. The molecular formula is C21H23ClN6. The zero-order valence-corrected chi connectivity index (χ0v) is 16.6. The molecule has 2 aromatic carbocycles. The molecule has 0 radical (unpaired) electrons. The van der Waals surface area contributed by atoms with E-state index in [4.69, 9.17) is 27.7 Å². The molecular weight excluding hydrogens is 372 g/mol. The van der Waals surface area contributed by atoms with E-state index < -0.39 is 0 Å². The molecule has 28 heavy (non-hydrogen) atoms. The first-order chi connectivity index (χ1) is 13.4. The van der Waals surface area contributed by atoms with Crippen molar-refractivity contribution in [3.8, 4) is 0 Å². The summed E-state index contributed by atoms with van der Waals surface area (Å²) in [6.07, 6.45) is 2.48. The Morgan fingerprint density at radius 3 is 2.71 bits per heavy atom. The van der Waals surface area contributed by atoms with Gasteiger partial charge in [-0.25, -0.2) is 4.98 Å². The Balaban J connectivity index is 1.79. The van der Waals surface area contributed by atoms with Gasteiger partial charge >= 0.3 is 0 Å². The summed E-state index contributed by atoms with van der Waals surface area (Å²) in [5.74, 6) is 1.84. The normalized spacial score (nSPS) is 14.7. The van der Waals surface area contributed by atoms with Crippen LogP contribution in [-0.2, 0) is 0 Å². The number of halogens is 1. The smallest absolute Gasteiger partial charge is 0.229 e. The van der Waals surface area contributed by atoms with Crippen molar-refractivity contribution in [1.29, 1.82) is 5.41 Å². The van der Waals surface area contributed by atoms with Crippen LogP contribution in [0.3, 0.4) is 0 Å². The molecule has 1 aliphatic rings. The number of aryl methyl sites for hydroxylation is 1. The lowest BCUT2D eigenvalue weighted by Gasteiger charge is -2.17. The maximum Gasteiger partial charge on any atom is 0.229 e. The molecule has 6 nitrogen and oxygen atoms in total. The highest BCUT2D eigenvalue weighted by Crippen LogP contribution is 2.35. The summed E-state index contributed by atoms with van der Waals surface area (Å²) in [7, 11) is 0. The summed E-state index contributed by atoms with van der Waals surface area (Å²) in [6, 6.07) is 11.7. The van der Waals surface area contributed by atoms with Crippen molar-refractivity contribution in [2.24, 2.45) is 11.7 Å². The Labute approximate surface area is 169 Å². The van der Waals surface area contributed by atoms with Crippen LogP contribution in [0.5, 0.6) is 0 Å². The van der Waals surface area contributed by atoms with Gasteiger partial charge in [0.15, 0.2) is 0 Å². The third kappa shape index (κ3) is 3.73. The first-order valence-corrected chi connectivity index (χ1v) is 9.75. The first-order valence-electron chi connectivity index (χ1n) is 9.37. The summed E-state index contributed by atoms with van der Waals surface area (Å²) >= 11 is 6.25. The van der Waals surface area contributed by atoms with Gasteiger partial charge in [0, 0.05) is 27.7 Å². The molecule has 1 aromatic heterocycles. The number of rotatable bonds is 6. The Morgan fingerprint density at radius 2 is 2.04 bits per heavy atom. The van der Waals surface area contributed by atoms with Crippen molar-refractivity contribution in [2.75, 3.05) is 10.6 Å². The van der Waals surface area contributed by atoms with Gasteiger partial charge < -0.3 is 16.4 Å². The Kier molecular flexibility index (Phi) is 4.81. The van der Waals surface area contributed by atoms with E-state index in [2.05, 4.69) is 22.5 Å². The van der Waals surface area contributed by atoms with Crippen LogP contribution in [0.1, 0.15) is 30.9 Å². The van der Waals surface area contributed by atoms with Gasteiger partial charge in [-0.3, -0.25) is 5.41 Å². The van der Waals surface area contributed by atoms with Gasteiger partial charge in [0.25, 0.3) is 0 Å². The highest BCUT2D eigenvalue weighted by atomic mass is 35.5. The maximum atomic E-state index is 7.91. The van der Waals surface area contributed by atoms with Crippen LogP contribution in [0.4, 0.5) is 17.5 Å². The zero-order chi connectivity index (χ0) is 19.8. The van der Waals surface area contributed by atoms with E-state index in [9.17, 15) is 0 Å². The van der Waals surface area contributed by atoms with Crippen molar-refractivity contribution < 1.29 is 0 Å². The van der Waals surface area contributed by atoms with Crippen LogP contribution in [-0.4, -0.2) is 21.8 Å². The van der Waals surface area contributed by atoms with E-state index in [0.717, 1.165) is 22.5 Å². The minimum absolute atomic E-state index is 0.0187. The van der Waals surface area contributed by atoms with Crippen LogP contribution < -0.4 is 16.4 Å². The Bertz CT molecular complexity index is 1060. The van der Waals surface area contributed by atoms with Crippen molar-refractivity contribution in [1.82, 2.24) is 9.97 Å². The fourth-order valence-electron chi connectivity index (χ4n) is 3.26. The topological polar surface area (TPSA) is 99.7 Å². The second-order valence-corrected chi connectivity index (χ2v) is 7.78. The van der Waals surface area contributed by atoms with Gasteiger partial charge in [0.2, 0.25) is 5.95 Å². The fraction of sp³-hybridized carbons (Fsp3) is 0.286. The lowest BCUT2D eigenvalue weighted by molar-refractivity contribution is 0.691. The number of amidine groups is 1. The fourth-order valence-corrected chi connectivity index (χ4v) is 3.45. The number of para-hydroxylation sites is 1. The van der Waals surface area contributed by atoms with Gasteiger partial charge in [-0.2, -0.15) is 4.98 Å². The number of aromatic nitrogens is 2. The van der Waals surface area contributed by atoms with Crippen molar-refractivity contribution in [3.63, 3.8) is 0 Å². The number of hydrogen-bond donors (Lipinski definition) is 4. The number of anilines is 3. The molecule has 0 spiro atoms. The number of nitrogens with zero attached hydrogens (tertiary/aromatic N) is 2. The molecule has 4 rings (SSSR count). The largest absolute Gasteiger partial charge is 0.384 e. The summed E-state index contributed by atoms with van der Waals surface area (Å²) in [5, 5.41) is 16.2. The minimum Gasteiger partial charge on any atom is -0.384 e. The molecule has 1 saturated carbocycles. The highest BCUT2D eigenvalue weighted by Gasteiger charge is 2.28. The number of nitrogen functional groups attached to an aromatic ring is 1. The quantitative estimate of drug-likeness (QED) is 0.354. The number of nitrogens with one attached hydrogen (secondary N) is 3. The Morgan fingerprint density at radius 1 is 1.25 bits per heavy atom. The molecule has 0 saturated heterocycles. The van der Waals surface area contributed by atoms with Crippen molar-refractivity contribution in [3.05, 3.63) is 52.5 Å². The molecule has 0 bridgehead atoms. The van der Waals surface area contributed by atoms with E-state index in [-0.39, 0.29) is 5.84 Å². The third-order valence-electron chi connectivity index (χ3n) is 5.14. The predicted octanol–water partition coefficient (Wildman–Crippen LogP) is 4.83. The highest BCUT2D eigenvalue weighted by molar-refractivity contribution is 6.31.